The summed E-state index contributed by atoms with van der Waals surface area (Å²) in [5, 5.41) is 4.37. The topological polar surface area (TPSA) is 98.8 Å². The predicted molar refractivity (Wildman–Crippen MR) is 86.2 cm³/mol. The zero-order valence-electron chi connectivity index (χ0n) is 14.6. The molecule has 1 amide bonds. The Hall–Kier alpha value is -1.75. The number of carbonyl (C=O) groups excluding carboxylic acids is 2. The maximum absolute atomic E-state index is 11.8. The second-order valence-electron chi connectivity index (χ2n) is 7.01. The van der Waals surface area contributed by atoms with Gasteiger partial charge in [-0.05, 0) is 41.5 Å². The maximum Gasteiger partial charge on any atom is 0.408 e. The van der Waals surface area contributed by atoms with E-state index in [9.17, 15) is 18.0 Å². The van der Waals surface area contributed by atoms with Gasteiger partial charge in [-0.3, -0.25) is 4.79 Å². The van der Waals surface area contributed by atoms with E-state index in [-0.39, 0.29) is 6.42 Å². The highest BCUT2D eigenvalue weighted by Crippen LogP contribution is 2.10. The van der Waals surface area contributed by atoms with Crippen molar-refractivity contribution in [2.45, 2.75) is 65.2 Å². The quantitative estimate of drug-likeness (QED) is 0.473. The molecule has 0 fully saturated rings. The van der Waals surface area contributed by atoms with Crippen molar-refractivity contribution >= 4 is 21.9 Å². The fraction of sp³-hybridized carbons (Fsp3) is 0.733. The van der Waals surface area contributed by atoms with Gasteiger partial charge < -0.3 is 14.8 Å². The van der Waals surface area contributed by atoms with Crippen LogP contribution < -0.4 is 5.32 Å². The number of amides is 1. The number of sulfone groups is 1. The largest absolute Gasteiger partial charge is 0.460 e. The lowest BCUT2D eigenvalue weighted by atomic mass is 10.1. The smallest absolute Gasteiger partial charge is 0.408 e. The van der Waals surface area contributed by atoms with Gasteiger partial charge in [0.2, 0.25) is 9.84 Å². The molecule has 0 aromatic heterocycles. The van der Waals surface area contributed by atoms with Gasteiger partial charge in [0.05, 0.1) is 12.7 Å². The van der Waals surface area contributed by atoms with Crippen LogP contribution in [0.15, 0.2) is 0 Å². The van der Waals surface area contributed by atoms with Crippen LogP contribution in [-0.2, 0) is 24.1 Å². The lowest BCUT2D eigenvalue weighted by molar-refractivity contribution is -0.155. The highest BCUT2D eigenvalue weighted by Gasteiger charge is 2.23. The number of esters is 1. The normalized spacial score (nSPS) is 13.3. The fourth-order valence-electron chi connectivity index (χ4n) is 1.32. The Morgan fingerprint density at radius 1 is 1.04 bits per heavy atom. The summed E-state index contributed by atoms with van der Waals surface area (Å²) in [6.07, 6.45) is -0.161. The van der Waals surface area contributed by atoms with E-state index in [4.69, 9.17) is 9.47 Å². The first-order valence-corrected chi connectivity index (χ1v) is 8.90. The molecule has 0 rings (SSSR count). The minimum absolute atomic E-state index is 0.293. The van der Waals surface area contributed by atoms with Gasteiger partial charge in [0.25, 0.3) is 0 Å². The van der Waals surface area contributed by atoms with Gasteiger partial charge in [-0.1, -0.05) is 5.92 Å². The van der Waals surface area contributed by atoms with Gasteiger partial charge in [0, 0.05) is 5.25 Å². The molecule has 0 aromatic carbocycles. The van der Waals surface area contributed by atoms with Crippen LogP contribution in [0.4, 0.5) is 4.79 Å². The van der Waals surface area contributed by atoms with Gasteiger partial charge in [0.1, 0.15) is 17.2 Å². The molecular weight excluding hydrogens is 322 g/mol. The molecule has 0 saturated heterocycles. The van der Waals surface area contributed by atoms with Crippen LogP contribution in [0, 0.1) is 11.2 Å². The zero-order valence-corrected chi connectivity index (χ0v) is 15.5. The minimum Gasteiger partial charge on any atom is -0.460 e. The molecule has 0 aromatic rings. The number of rotatable bonds is 3. The Morgan fingerprint density at radius 2 is 1.52 bits per heavy atom. The summed E-state index contributed by atoms with van der Waals surface area (Å²) in [7, 11) is -3.57. The fourth-order valence-corrected chi connectivity index (χ4v) is 1.67. The highest BCUT2D eigenvalue weighted by atomic mass is 32.2. The molecule has 7 nitrogen and oxygen atoms in total. The van der Waals surface area contributed by atoms with E-state index in [2.05, 4.69) is 11.2 Å². The van der Waals surface area contributed by atoms with E-state index in [1.807, 2.05) is 5.25 Å². The number of nitrogens with one attached hydrogen (secondary N) is 1. The zero-order chi connectivity index (χ0) is 18.5. The van der Waals surface area contributed by atoms with E-state index in [1.54, 1.807) is 41.5 Å². The maximum atomic E-state index is 11.8. The van der Waals surface area contributed by atoms with E-state index >= 15 is 0 Å². The summed E-state index contributed by atoms with van der Waals surface area (Å²) in [6, 6.07) is -1.03. The lowest BCUT2D eigenvalue weighted by Gasteiger charge is -2.23. The molecule has 0 radical (unpaired) electrons. The molecule has 0 aliphatic heterocycles. The Morgan fingerprint density at radius 3 is 1.91 bits per heavy atom. The van der Waals surface area contributed by atoms with Crippen molar-refractivity contribution in [2.75, 3.05) is 6.26 Å². The van der Waals surface area contributed by atoms with Crippen LogP contribution in [-0.4, -0.2) is 44.0 Å². The van der Waals surface area contributed by atoms with Crippen LogP contribution in [0.25, 0.3) is 0 Å². The number of hydrogen-bond acceptors (Lipinski definition) is 6. The van der Waals surface area contributed by atoms with Crippen molar-refractivity contribution in [3.05, 3.63) is 0 Å². The van der Waals surface area contributed by atoms with Gasteiger partial charge >= 0.3 is 12.1 Å². The molecule has 0 bridgehead atoms. The summed E-state index contributed by atoms with van der Waals surface area (Å²) in [4.78, 5) is 23.6. The number of alkyl carbamates (subject to hydrolysis) is 1. The SMILES string of the molecule is CC(C)(C)OC(=O)C[C@@H](C#CS(C)(=O)=O)NC(=O)OC(C)(C)C. The number of ether oxygens (including phenoxy) is 2. The first-order chi connectivity index (χ1) is 10.1. The summed E-state index contributed by atoms with van der Waals surface area (Å²) in [5.74, 6) is 1.73. The molecule has 8 heteroatoms. The molecular formula is C15H25NO6S. The molecule has 0 aliphatic rings. The van der Waals surface area contributed by atoms with Crippen molar-refractivity contribution in [1.82, 2.24) is 5.32 Å². The van der Waals surface area contributed by atoms with Crippen LogP contribution in [0.5, 0.6) is 0 Å². The third-order valence-electron chi connectivity index (χ3n) is 1.90. The molecule has 23 heavy (non-hydrogen) atoms. The van der Waals surface area contributed by atoms with Crippen molar-refractivity contribution in [3.8, 4) is 11.2 Å². The van der Waals surface area contributed by atoms with E-state index < -0.39 is 39.1 Å². The van der Waals surface area contributed by atoms with Crippen LogP contribution in [0.1, 0.15) is 48.0 Å². The summed E-state index contributed by atoms with van der Waals surface area (Å²) < 4.78 is 32.5. The standard InChI is InChI=1S/C15H25NO6S/c1-14(2,3)21-12(17)10-11(8-9-23(7,19)20)16-13(18)22-15(4,5)6/h11H,10H2,1-7H3,(H,16,18)/t11-/m1/s1. The van der Waals surface area contributed by atoms with Crippen LogP contribution in [0.3, 0.4) is 0 Å². The molecule has 0 aliphatic carbocycles. The molecule has 0 unspecified atom stereocenters. The Bertz CT molecular complexity index is 569. The first kappa shape index (κ1) is 21.2. The van der Waals surface area contributed by atoms with Gasteiger partial charge in [-0.15, -0.1) is 0 Å². The van der Waals surface area contributed by atoms with Crippen molar-refractivity contribution in [2.24, 2.45) is 0 Å². The van der Waals surface area contributed by atoms with Crippen molar-refractivity contribution in [1.29, 1.82) is 0 Å². The summed E-state index contributed by atoms with van der Waals surface area (Å²) in [5.41, 5.74) is -1.43. The van der Waals surface area contributed by atoms with E-state index in [0.717, 1.165) is 6.26 Å². The number of hydrogen-bond donors (Lipinski definition) is 1. The summed E-state index contributed by atoms with van der Waals surface area (Å²) >= 11 is 0. The second-order valence-corrected chi connectivity index (χ2v) is 8.76. The van der Waals surface area contributed by atoms with Gasteiger partial charge in [0.15, 0.2) is 0 Å². The van der Waals surface area contributed by atoms with Crippen molar-refractivity contribution < 1.29 is 27.5 Å². The van der Waals surface area contributed by atoms with E-state index in [0.29, 0.717) is 0 Å². The molecule has 1 atom stereocenters. The second kappa shape index (κ2) is 7.68. The predicted octanol–water partition coefficient (Wildman–Crippen LogP) is 1.62. The number of carbonyl (C=O) groups is 2. The van der Waals surface area contributed by atoms with Crippen LogP contribution >= 0.6 is 0 Å². The van der Waals surface area contributed by atoms with E-state index in [1.165, 1.54) is 0 Å². The lowest BCUT2D eigenvalue weighted by Crippen LogP contribution is -2.40. The summed E-state index contributed by atoms with van der Waals surface area (Å²) in [6.45, 7) is 10.1. The third-order valence-corrected chi connectivity index (χ3v) is 2.39. The Labute approximate surface area is 138 Å². The molecule has 0 heterocycles. The highest BCUT2D eigenvalue weighted by molar-refractivity contribution is 7.95. The molecule has 0 spiro atoms. The van der Waals surface area contributed by atoms with Crippen molar-refractivity contribution in [3.63, 3.8) is 0 Å². The van der Waals surface area contributed by atoms with Crippen LogP contribution in [0.2, 0.25) is 0 Å². The Kier molecular flexibility index (Phi) is 7.10. The first-order valence-electron chi connectivity index (χ1n) is 7.01. The third kappa shape index (κ3) is 13.6. The monoisotopic (exact) mass is 347 g/mol. The Balaban J connectivity index is 5.06. The average molecular weight is 347 g/mol. The molecule has 132 valence electrons. The molecule has 0 saturated carbocycles. The van der Waals surface area contributed by atoms with Gasteiger partial charge in [-0.25, -0.2) is 13.2 Å². The minimum atomic E-state index is -3.57. The van der Waals surface area contributed by atoms with Gasteiger partial charge in [-0.2, -0.15) is 0 Å². The molecule has 1 N–H and O–H groups in total. The average Bonchev–Trinajstić information content (AvgIpc) is 2.18.